The third-order valence-corrected chi connectivity index (χ3v) is 4.11. The molecule has 11 heavy (non-hydrogen) atoms. The molecule has 0 aliphatic heterocycles. The molecule has 0 heterocycles. The lowest BCUT2D eigenvalue weighted by atomic mass is 9.76. The van der Waals surface area contributed by atoms with Crippen LogP contribution in [0.5, 0.6) is 0 Å². The zero-order valence-corrected chi connectivity index (χ0v) is 7.48. The van der Waals surface area contributed by atoms with Crippen LogP contribution in [0.4, 0.5) is 0 Å². The smallest absolute Gasteiger partial charge is 0.166 e. The first-order valence-corrected chi connectivity index (χ1v) is 5.41. The number of sulfone groups is 1. The van der Waals surface area contributed by atoms with Crippen LogP contribution >= 0.6 is 0 Å². The van der Waals surface area contributed by atoms with Crippen molar-refractivity contribution in [1.29, 1.82) is 5.26 Å². The first-order valence-electron chi connectivity index (χ1n) is 3.52. The molecular weight excluding hydrogens is 162 g/mol. The quantitative estimate of drug-likeness (QED) is 0.587. The van der Waals surface area contributed by atoms with Gasteiger partial charge in [-0.15, -0.1) is 0 Å². The second kappa shape index (κ2) is 2.21. The van der Waals surface area contributed by atoms with Gasteiger partial charge in [-0.25, -0.2) is 8.42 Å². The van der Waals surface area contributed by atoms with Crippen LogP contribution in [0.25, 0.3) is 0 Å². The van der Waals surface area contributed by atoms with E-state index in [4.69, 9.17) is 5.26 Å². The fourth-order valence-electron chi connectivity index (χ4n) is 1.54. The van der Waals surface area contributed by atoms with E-state index in [-0.39, 0.29) is 0 Å². The number of hydrogen-bond donors (Lipinski definition) is 0. The summed E-state index contributed by atoms with van der Waals surface area (Å²) in [6.07, 6.45) is 2.15. The van der Waals surface area contributed by atoms with Crippen molar-refractivity contribution in [2.45, 2.75) is 24.5 Å². The molecular formula is C7H11NO2S. The normalized spacial score (nSPS) is 37.4. The molecule has 1 fully saturated rings. The van der Waals surface area contributed by atoms with Gasteiger partial charge in [0.2, 0.25) is 0 Å². The lowest BCUT2D eigenvalue weighted by Gasteiger charge is -2.38. The Hall–Kier alpha value is -0.560. The van der Waals surface area contributed by atoms with Gasteiger partial charge in [0.1, 0.15) is 0 Å². The summed E-state index contributed by atoms with van der Waals surface area (Å²) in [5.74, 6) is 0.379. The third-order valence-electron chi connectivity index (χ3n) is 2.27. The number of nitrogens with zero attached hydrogens (tertiary/aromatic N) is 1. The Morgan fingerprint density at radius 3 is 2.09 bits per heavy atom. The lowest BCUT2D eigenvalue weighted by molar-refractivity contribution is 0.288. The van der Waals surface area contributed by atoms with Gasteiger partial charge >= 0.3 is 0 Å². The van der Waals surface area contributed by atoms with Crippen LogP contribution < -0.4 is 0 Å². The summed E-state index contributed by atoms with van der Waals surface area (Å²) < 4.78 is 21.1. The number of nitriles is 1. The highest BCUT2D eigenvalue weighted by atomic mass is 32.2. The summed E-state index contributed by atoms with van der Waals surface area (Å²) in [7, 11) is -3.17. The molecule has 0 aromatic carbocycles. The Bertz CT molecular complexity index is 293. The predicted octanol–water partition coefficient (Wildman–Crippen LogP) is 0.723. The van der Waals surface area contributed by atoms with E-state index < -0.39 is 14.6 Å². The minimum atomic E-state index is -3.17. The van der Waals surface area contributed by atoms with Crippen molar-refractivity contribution in [3.8, 4) is 6.07 Å². The average Bonchev–Trinajstić information content (AvgIpc) is 1.77. The van der Waals surface area contributed by atoms with Crippen LogP contribution in [0.1, 0.15) is 19.8 Å². The monoisotopic (exact) mass is 173 g/mol. The molecule has 1 rings (SSSR count). The van der Waals surface area contributed by atoms with E-state index in [2.05, 4.69) is 0 Å². The predicted molar refractivity (Wildman–Crippen MR) is 41.6 cm³/mol. The lowest BCUT2D eigenvalue weighted by Crippen LogP contribution is -2.47. The van der Waals surface area contributed by atoms with E-state index in [0.29, 0.717) is 18.8 Å². The van der Waals surface area contributed by atoms with Crippen LogP contribution in [0, 0.1) is 17.2 Å². The first-order chi connectivity index (χ1) is 4.91. The molecule has 0 aromatic rings. The van der Waals surface area contributed by atoms with E-state index in [0.717, 1.165) is 6.26 Å². The fraction of sp³-hybridized carbons (Fsp3) is 0.857. The topological polar surface area (TPSA) is 57.9 Å². The van der Waals surface area contributed by atoms with Gasteiger partial charge in [0, 0.05) is 6.26 Å². The molecule has 0 unspecified atom stereocenters. The molecule has 1 aliphatic carbocycles. The minimum absolute atomic E-state index is 0.379. The van der Waals surface area contributed by atoms with E-state index >= 15 is 0 Å². The van der Waals surface area contributed by atoms with E-state index in [9.17, 15) is 8.42 Å². The standard InChI is InChI=1S/C7H11NO2S/c1-6-3-7(4-6,5-8)11(2,9)10/h6H,3-4H2,1-2H3. The second-order valence-electron chi connectivity index (χ2n) is 3.39. The van der Waals surface area contributed by atoms with Gasteiger partial charge in [-0.3, -0.25) is 0 Å². The molecule has 0 radical (unpaired) electrons. The number of rotatable bonds is 1. The Kier molecular flexibility index (Phi) is 1.72. The molecule has 0 N–H and O–H groups in total. The molecule has 0 saturated heterocycles. The van der Waals surface area contributed by atoms with Crippen molar-refractivity contribution in [3.63, 3.8) is 0 Å². The molecule has 1 aliphatic rings. The maximum Gasteiger partial charge on any atom is 0.166 e. The summed E-state index contributed by atoms with van der Waals surface area (Å²) >= 11 is 0. The van der Waals surface area contributed by atoms with Gasteiger partial charge in [-0.1, -0.05) is 6.92 Å². The van der Waals surface area contributed by atoms with Gasteiger partial charge in [0.25, 0.3) is 0 Å². The summed E-state index contributed by atoms with van der Waals surface area (Å²) in [6, 6.07) is 1.90. The van der Waals surface area contributed by atoms with Gasteiger partial charge < -0.3 is 0 Å². The number of hydrogen-bond acceptors (Lipinski definition) is 3. The molecule has 62 valence electrons. The van der Waals surface area contributed by atoms with E-state index in [1.54, 1.807) is 0 Å². The van der Waals surface area contributed by atoms with Crippen LogP contribution in [0.15, 0.2) is 0 Å². The molecule has 0 amide bonds. The third kappa shape index (κ3) is 1.14. The summed E-state index contributed by atoms with van der Waals surface area (Å²) in [5, 5.41) is 8.66. The summed E-state index contributed by atoms with van der Waals surface area (Å²) in [5.41, 5.74) is 0. The van der Waals surface area contributed by atoms with Crippen LogP contribution in [-0.2, 0) is 9.84 Å². The molecule has 0 atom stereocenters. The van der Waals surface area contributed by atoms with E-state index in [1.807, 2.05) is 13.0 Å². The molecule has 0 aromatic heterocycles. The second-order valence-corrected chi connectivity index (χ2v) is 5.72. The van der Waals surface area contributed by atoms with Crippen molar-refractivity contribution in [2.24, 2.45) is 5.92 Å². The van der Waals surface area contributed by atoms with Crippen molar-refractivity contribution in [1.82, 2.24) is 0 Å². The molecule has 4 heteroatoms. The van der Waals surface area contributed by atoms with Gasteiger partial charge in [-0.2, -0.15) is 5.26 Å². The summed E-state index contributed by atoms with van der Waals surface area (Å²) in [6.45, 7) is 1.96. The Morgan fingerprint density at radius 1 is 1.55 bits per heavy atom. The van der Waals surface area contributed by atoms with Crippen LogP contribution in [0.2, 0.25) is 0 Å². The Balaban J connectivity index is 2.93. The van der Waals surface area contributed by atoms with Crippen molar-refractivity contribution >= 4 is 9.84 Å². The SMILES string of the molecule is CC1CC(C#N)(S(C)(=O)=O)C1. The van der Waals surface area contributed by atoms with Crippen molar-refractivity contribution in [3.05, 3.63) is 0 Å². The van der Waals surface area contributed by atoms with Crippen LogP contribution in [0.3, 0.4) is 0 Å². The fourth-order valence-corrected chi connectivity index (χ4v) is 2.88. The highest BCUT2D eigenvalue weighted by molar-refractivity contribution is 7.92. The minimum Gasteiger partial charge on any atom is -0.227 e. The maximum atomic E-state index is 11.1. The van der Waals surface area contributed by atoms with E-state index in [1.165, 1.54) is 0 Å². The maximum absolute atomic E-state index is 11.1. The van der Waals surface area contributed by atoms with Crippen LogP contribution in [-0.4, -0.2) is 19.4 Å². The zero-order chi connectivity index (χ0) is 8.70. The molecule has 0 spiro atoms. The molecule has 0 bridgehead atoms. The Labute approximate surface area is 66.9 Å². The molecule has 1 saturated carbocycles. The first kappa shape index (κ1) is 8.54. The summed E-state index contributed by atoms with van der Waals surface area (Å²) in [4.78, 5) is 0. The largest absolute Gasteiger partial charge is 0.227 e. The molecule has 3 nitrogen and oxygen atoms in total. The Morgan fingerprint density at radius 2 is 2.00 bits per heavy atom. The highest BCUT2D eigenvalue weighted by Crippen LogP contribution is 2.42. The highest BCUT2D eigenvalue weighted by Gasteiger charge is 2.50. The van der Waals surface area contributed by atoms with Crippen molar-refractivity contribution < 1.29 is 8.42 Å². The van der Waals surface area contributed by atoms with Gasteiger partial charge in [0.15, 0.2) is 14.6 Å². The van der Waals surface area contributed by atoms with Gasteiger partial charge in [-0.05, 0) is 18.8 Å². The van der Waals surface area contributed by atoms with Crippen molar-refractivity contribution in [2.75, 3.05) is 6.26 Å². The average molecular weight is 173 g/mol. The zero-order valence-electron chi connectivity index (χ0n) is 6.66. The van der Waals surface area contributed by atoms with Gasteiger partial charge in [0.05, 0.1) is 6.07 Å².